The Bertz CT molecular complexity index is 174. The monoisotopic (exact) mass is 145 g/mol. The molecule has 0 amide bonds. The van der Waals surface area contributed by atoms with Crippen molar-refractivity contribution in [3.05, 3.63) is 29.0 Å². The maximum Gasteiger partial charge on any atom is 0.183 e. The molecule has 0 saturated heterocycles. The van der Waals surface area contributed by atoms with E-state index in [1.165, 1.54) is 0 Å². The van der Waals surface area contributed by atoms with Gasteiger partial charge in [0.2, 0.25) is 0 Å². The molecule has 47 valence electrons. The molecule has 1 aromatic rings. The van der Waals surface area contributed by atoms with Crippen LogP contribution < -0.4 is 0 Å². The molecule has 3 heteroatoms. The second-order valence-electron chi connectivity index (χ2n) is 1.61. The minimum Gasteiger partial charge on any atom is -0.290 e. The minimum atomic E-state index is -0.590. The van der Waals surface area contributed by atoms with Crippen LogP contribution in [-0.4, -0.2) is 0 Å². The topological polar surface area (TPSA) is 19.9 Å². The van der Waals surface area contributed by atoms with Gasteiger partial charge in [0.25, 0.3) is 0 Å². The van der Waals surface area contributed by atoms with E-state index in [1.807, 2.05) is 0 Å². The van der Waals surface area contributed by atoms with Crippen LogP contribution in [0.5, 0.6) is 5.75 Å². The maximum absolute atomic E-state index is 12.1. The Balaban J connectivity index is 3.17. The lowest BCUT2D eigenvalue weighted by molar-refractivity contribution is 0.352. The van der Waals surface area contributed by atoms with Gasteiger partial charge in [-0.15, -0.1) is 0 Å². The normalized spacial score (nSPS) is 9.56. The molecule has 1 aromatic carbocycles. The summed E-state index contributed by atoms with van der Waals surface area (Å²) < 4.78 is 12.1. The van der Waals surface area contributed by atoms with Gasteiger partial charge in [0, 0.05) is 17.2 Å². The van der Waals surface area contributed by atoms with E-state index < -0.39 is 11.6 Å². The zero-order valence-electron chi connectivity index (χ0n) is 4.40. The Kier molecular flexibility index (Phi) is 1.58. The van der Waals surface area contributed by atoms with Crippen molar-refractivity contribution >= 4 is 11.6 Å². The molecule has 1 rings (SSSR count). The Hall–Kier alpha value is -0.760. The van der Waals surface area contributed by atoms with Crippen molar-refractivity contribution < 1.29 is 9.50 Å². The molecular formula is C6H3ClFO. The first kappa shape index (κ1) is 6.36. The van der Waals surface area contributed by atoms with Gasteiger partial charge < -0.3 is 0 Å². The summed E-state index contributed by atoms with van der Waals surface area (Å²) in [6.45, 7) is 0. The molecule has 0 unspecified atom stereocenters. The highest BCUT2D eigenvalue weighted by molar-refractivity contribution is 6.30. The van der Waals surface area contributed by atoms with Crippen LogP contribution in [-0.2, 0) is 5.11 Å². The van der Waals surface area contributed by atoms with Crippen LogP contribution in [0.2, 0.25) is 5.02 Å². The Morgan fingerprint density at radius 3 is 2.44 bits per heavy atom. The molecule has 0 saturated carbocycles. The molecule has 1 radical (unpaired) electrons. The van der Waals surface area contributed by atoms with Gasteiger partial charge >= 0.3 is 0 Å². The van der Waals surface area contributed by atoms with Crippen molar-refractivity contribution in [3.8, 4) is 5.75 Å². The number of hydrogen-bond acceptors (Lipinski definition) is 0. The quantitative estimate of drug-likeness (QED) is 0.535. The van der Waals surface area contributed by atoms with E-state index >= 15 is 0 Å². The summed E-state index contributed by atoms with van der Waals surface area (Å²) in [5, 5.41) is 10.5. The maximum atomic E-state index is 12.1. The van der Waals surface area contributed by atoms with E-state index in [1.54, 1.807) is 0 Å². The summed E-state index contributed by atoms with van der Waals surface area (Å²) in [5.74, 6) is -0.993. The molecule has 0 aliphatic carbocycles. The highest BCUT2D eigenvalue weighted by Crippen LogP contribution is 2.18. The molecular weight excluding hydrogens is 143 g/mol. The highest BCUT2D eigenvalue weighted by atomic mass is 35.5. The van der Waals surface area contributed by atoms with Crippen molar-refractivity contribution in [1.82, 2.24) is 0 Å². The van der Waals surface area contributed by atoms with Crippen LogP contribution in [0.4, 0.5) is 4.39 Å². The summed E-state index contributed by atoms with van der Waals surface area (Å²) >= 11 is 5.31. The predicted octanol–water partition coefficient (Wildman–Crippen LogP) is 2.62. The molecule has 0 aliphatic rings. The fourth-order valence-corrected chi connectivity index (χ4v) is 0.740. The van der Waals surface area contributed by atoms with E-state index in [0.29, 0.717) is 0 Å². The Morgan fingerprint density at radius 1 is 1.33 bits per heavy atom. The molecule has 0 atom stereocenters. The summed E-state index contributed by atoms with van der Waals surface area (Å²) in [6, 6.07) is 3.12. The summed E-state index contributed by atoms with van der Waals surface area (Å²) in [4.78, 5) is 0. The van der Waals surface area contributed by atoms with Gasteiger partial charge in [-0.05, 0) is 6.07 Å². The zero-order chi connectivity index (χ0) is 6.85. The van der Waals surface area contributed by atoms with Crippen LogP contribution in [0.3, 0.4) is 0 Å². The van der Waals surface area contributed by atoms with Gasteiger partial charge in [-0.1, -0.05) is 11.6 Å². The molecule has 0 N–H and O–H groups in total. The van der Waals surface area contributed by atoms with Crippen molar-refractivity contribution in [2.75, 3.05) is 0 Å². The van der Waals surface area contributed by atoms with Crippen molar-refractivity contribution in [3.63, 3.8) is 0 Å². The molecule has 0 fully saturated rings. The van der Waals surface area contributed by atoms with Crippen LogP contribution in [0, 0.1) is 5.82 Å². The standard InChI is InChI=1S/C6H3ClFO/c7-4-1-5(8)3-6(9)2-4/h1-3H. The van der Waals surface area contributed by atoms with E-state index in [2.05, 4.69) is 0 Å². The lowest BCUT2D eigenvalue weighted by Gasteiger charge is -1.88. The Morgan fingerprint density at radius 2 is 2.00 bits per heavy atom. The molecule has 9 heavy (non-hydrogen) atoms. The van der Waals surface area contributed by atoms with Crippen LogP contribution in [0.1, 0.15) is 0 Å². The first-order valence-corrected chi connectivity index (χ1v) is 2.69. The van der Waals surface area contributed by atoms with E-state index in [-0.39, 0.29) is 5.02 Å². The third kappa shape index (κ3) is 1.57. The number of halogens is 2. The molecule has 1 nitrogen and oxygen atoms in total. The van der Waals surface area contributed by atoms with Crippen LogP contribution in [0.25, 0.3) is 0 Å². The lowest BCUT2D eigenvalue weighted by Crippen LogP contribution is -1.70. The molecule has 0 bridgehead atoms. The fraction of sp³-hybridized carbons (Fsp3) is 0. The summed E-state index contributed by atoms with van der Waals surface area (Å²) in [6.07, 6.45) is 0. The average molecular weight is 146 g/mol. The van der Waals surface area contributed by atoms with Gasteiger partial charge in [-0.2, -0.15) is 0 Å². The second kappa shape index (κ2) is 2.23. The SMILES string of the molecule is [O]c1cc(F)cc(Cl)c1. The van der Waals surface area contributed by atoms with Gasteiger partial charge in [0.15, 0.2) is 5.75 Å². The Labute approximate surface area is 56.7 Å². The third-order valence-corrected chi connectivity index (χ3v) is 1.05. The molecule has 0 heterocycles. The van der Waals surface area contributed by atoms with E-state index in [0.717, 1.165) is 18.2 Å². The fourth-order valence-electron chi connectivity index (χ4n) is 0.529. The first-order valence-electron chi connectivity index (χ1n) is 2.31. The number of hydrogen-bond donors (Lipinski definition) is 0. The van der Waals surface area contributed by atoms with Crippen molar-refractivity contribution in [1.29, 1.82) is 0 Å². The first-order chi connectivity index (χ1) is 4.18. The number of rotatable bonds is 0. The molecule has 0 aromatic heterocycles. The smallest absolute Gasteiger partial charge is 0.183 e. The lowest BCUT2D eigenvalue weighted by atomic mass is 10.3. The van der Waals surface area contributed by atoms with Gasteiger partial charge in [-0.25, -0.2) is 4.39 Å². The summed E-state index contributed by atoms with van der Waals surface area (Å²) in [5.41, 5.74) is 0. The van der Waals surface area contributed by atoms with Crippen molar-refractivity contribution in [2.24, 2.45) is 0 Å². The zero-order valence-corrected chi connectivity index (χ0v) is 5.15. The predicted molar refractivity (Wildman–Crippen MR) is 31.5 cm³/mol. The van der Waals surface area contributed by atoms with Gasteiger partial charge in [0.05, 0.1) is 0 Å². The van der Waals surface area contributed by atoms with E-state index in [9.17, 15) is 9.50 Å². The minimum absolute atomic E-state index is 0.139. The largest absolute Gasteiger partial charge is 0.290 e. The van der Waals surface area contributed by atoms with Crippen molar-refractivity contribution in [2.45, 2.75) is 0 Å². The van der Waals surface area contributed by atoms with Gasteiger partial charge in [-0.3, -0.25) is 5.11 Å². The van der Waals surface area contributed by atoms with Gasteiger partial charge in [0.1, 0.15) is 5.82 Å². The average Bonchev–Trinajstić information content (AvgIpc) is 1.59. The molecule has 0 spiro atoms. The summed E-state index contributed by atoms with van der Waals surface area (Å²) in [7, 11) is 0. The van der Waals surface area contributed by atoms with E-state index in [4.69, 9.17) is 11.6 Å². The van der Waals surface area contributed by atoms with Crippen LogP contribution >= 0.6 is 11.6 Å². The third-order valence-electron chi connectivity index (χ3n) is 0.836. The van der Waals surface area contributed by atoms with Crippen LogP contribution in [0.15, 0.2) is 18.2 Å². The molecule has 0 aliphatic heterocycles. The highest BCUT2D eigenvalue weighted by Gasteiger charge is 1.96. The number of benzene rings is 1. The second-order valence-corrected chi connectivity index (χ2v) is 2.04.